The number of para-hydroxylation sites is 1. The van der Waals surface area contributed by atoms with E-state index < -0.39 is 6.10 Å². The monoisotopic (exact) mass is 420 g/mol. The second kappa shape index (κ2) is 8.50. The first-order chi connectivity index (χ1) is 14.2. The summed E-state index contributed by atoms with van der Waals surface area (Å²) in [6.45, 7) is 7.32. The van der Waals surface area contributed by atoms with Gasteiger partial charge in [0, 0.05) is 35.9 Å². The van der Waals surface area contributed by atoms with Crippen LogP contribution in [-0.4, -0.2) is 33.7 Å². The molecular weight excluding hydrogens is 392 g/mol. The Bertz CT molecular complexity index is 1020. The zero-order valence-electron chi connectivity index (χ0n) is 17.2. The molecule has 0 saturated carbocycles. The molecule has 0 unspecified atom stereocenters. The molecule has 0 amide bonds. The van der Waals surface area contributed by atoms with Gasteiger partial charge in [-0.15, -0.1) is 6.58 Å². The summed E-state index contributed by atoms with van der Waals surface area (Å²) in [5, 5.41) is 12.8. The molecule has 4 heteroatoms. The highest BCUT2D eigenvalue weighted by atomic mass is 35.5. The van der Waals surface area contributed by atoms with Gasteiger partial charge in [0.1, 0.15) is 18.7 Å². The predicted octanol–water partition coefficient (Wildman–Crippen LogP) is 1.88. The number of halogens is 1. The smallest absolute Gasteiger partial charge is 0.131 e. The summed E-state index contributed by atoms with van der Waals surface area (Å²) in [4.78, 5) is 4.50. The minimum Gasteiger partial charge on any atom is -1.00 e. The van der Waals surface area contributed by atoms with Crippen molar-refractivity contribution in [1.29, 1.82) is 0 Å². The van der Waals surface area contributed by atoms with Crippen molar-refractivity contribution in [2.24, 2.45) is 11.8 Å². The number of quaternary nitrogens is 1. The Hall–Kier alpha value is -2.20. The lowest BCUT2D eigenvalue weighted by Crippen LogP contribution is -3.00. The van der Waals surface area contributed by atoms with Crippen molar-refractivity contribution in [1.82, 2.24) is 4.98 Å². The number of rotatable bonds is 5. The molecule has 1 N–H and O–H groups in total. The molecule has 156 valence electrons. The lowest BCUT2D eigenvalue weighted by molar-refractivity contribution is -0.984. The van der Waals surface area contributed by atoms with Crippen LogP contribution in [0.4, 0.5) is 0 Å². The van der Waals surface area contributed by atoms with Gasteiger partial charge < -0.3 is 22.0 Å². The summed E-state index contributed by atoms with van der Waals surface area (Å²) in [7, 11) is 0. The SMILES string of the molecule is C=C[C@@H]1C[N@+]2(Cc3ccccc3)CC[C@H]1C[C@@H]2[C@@H](O)c1ccnc2ccccc12.[Cl-]. The molecule has 0 aliphatic carbocycles. The molecule has 3 aliphatic rings. The number of aromatic nitrogens is 1. The van der Waals surface area contributed by atoms with Gasteiger partial charge in [0.25, 0.3) is 0 Å². The van der Waals surface area contributed by atoms with E-state index in [0.717, 1.165) is 47.0 Å². The van der Waals surface area contributed by atoms with Crippen LogP contribution in [0.1, 0.15) is 30.1 Å². The van der Waals surface area contributed by atoms with Crippen molar-refractivity contribution in [3.8, 4) is 0 Å². The molecule has 0 radical (unpaired) electrons. The summed E-state index contributed by atoms with van der Waals surface area (Å²) >= 11 is 0. The van der Waals surface area contributed by atoms with Crippen molar-refractivity contribution < 1.29 is 22.0 Å². The maximum absolute atomic E-state index is 11.7. The van der Waals surface area contributed by atoms with Crippen molar-refractivity contribution >= 4 is 10.9 Å². The van der Waals surface area contributed by atoms with Crippen LogP contribution in [0.25, 0.3) is 10.9 Å². The highest BCUT2D eigenvalue weighted by Gasteiger charge is 2.53. The number of pyridine rings is 1. The van der Waals surface area contributed by atoms with Crippen molar-refractivity contribution in [2.45, 2.75) is 31.5 Å². The molecule has 3 aliphatic heterocycles. The standard InChI is InChI=1S/C26H29N2O.ClH/c1-2-20-18-28(17-19-8-4-3-5-9-19)15-13-21(20)16-25(28)26(29)23-12-14-27-24-11-7-6-10-22(23)24;/h2-12,14,20-21,25-26,29H,1,13,15-18H2;1H/q+1;/p-1/t20-,21+,25-,26+,28-;/m1./s1. The number of aliphatic hydroxyl groups is 1. The Kier molecular flexibility index (Phi) is 5.97. The zero-order chi connectivity index (χ0) is 19.8. The minimum absolute atomic E-state index is 0. The second-order valence-corrected chi connectivity index (χ2v) is 8.88. The predicted molar refractivity (Wildman–Crippen MR) is 117 cm³/mol. The first-order valence-corrected chi connectivity index (χ1v) is 10.7. The van der Waals surface area contributed by atoms with Gasteiger partial charge in [-0.1, -0.05) is 54.6 Å². The molecule has 2 aromatic carbocycles. The first kappa shape index (κ1) is 21.0. The van der Waals surface area contributed by atoms with Crippen LogP contribution in [-0.2, 0) is 6.54 Å². The van der Waals surface area contributed by atoms with Crippen LogP contribution in [0.5, 0.6) is 0 Å². The highest BCUT2D eigenvalue weighted by Crippen LogP contribution is 2.47. The van der Waals surface area contributed by atoms with E-state index in [2.05, 4.69) is 54.0 Å². The third kappa shape index (κ3) is 3.56. The normalized spacial score (nSPS) is 28.6. The molecule has 3 nitrogen and oxygen atoms in total. The third-order valence-electron chi connectivity index (χ3n) is 7.38. The Morgan fingerprint density at radius 1 is 1.10 bits per heavy atom. The average molecular weight is 421 g/mol. The van der Waals surface area contributed by atoms with E-state index >= 15 is 0 Å². The molecule has 30 heavy (non-hydrogen) atoms. The van der Waals surface area contributed by atoms with Crippen LogP contribution in [0, 0.1) is 11.8 Å². The first-order valence-electron chi connectivity index (χ1n) is 10.7. The average Bonchev–Trinajstić information content (AvgIpc) is 2.78. The van der Waals surface area contributed by atoms with Gasteiger partial charge >= 0.3 is 0 Å². The second-order valence-electron chi connectivity index (χ2n) is 8.88. The minimum atomic E-state index is -0.486. The van der Waals surface area contributed by atoms with Crippen LogP contribution in [0.3, 0.4) is 0 Å². The summed E-state index contributed by atoms with van der Waals surface area (Å²) in [6.07, 6.45) is 5.79. The Labute approximate surface area is 185 Å². The Morgan fingerprint density at radius 3 is 2.67 bits per heavy atom. The lowest BCUT2D eigenvalue weighted by atomic mass is 9.71. The molecule has 6 rings (SSSR count). The van der Waals surface area contributed by atoms with Crippen molar-refractivity contribution in [2.75, 3.05) is 13.1 Å². The molecule has 3 fully saturated rings. The number of aliphatic hydroxyl groups excluding tert-OH is 1. The van der Waals surface area contributed by atoms with E-state index in [4.69, 9.17) is 0 Å². The summed E-state index contributed by atoms with van der Waals surface area (Å²) in [6, 6.07) is 21.2. The topological polar surface area (TPSA) is 33.1 Å². The van der Waals surface area contributed by atoms with Crippen LogP contribution >= 0.6 is 0 Å². The summed E-state index contributed by atoms with van der Waals surface area (Å²) in [5.41, 5.74) is 3.33. The quantitative estimate of drug-likeness (QED) is 0.505. The highest BCUT2D eigenvalue weighted by molar-refractivity contribution is 5.82. The van der Waals surface area contributed by atoms with Gasteiger partial charge in [-0.05, 0) is 23.6 Å². The third-order valence-corrected chi connectivity index (χ3v) is 7.38. The molecular formula is C26H29ClN2O. The molecule has 5 atom stereocenters. The molecule has 1 aromatic heterocycles. The molecule has 2 bridgehead atoms. The van der Waals surface area contributed by atoms with Gasteiger partial charge in [-0.2, -0.15) is 0 Å². The number of hydrogen-bond donors (Lipinski definition) is 1. The number of benzene rings is 2. The van der Waals surface area contributed by atoms with Crippen LogP contribution < -0.4 is 12.4 Å². The van der Waals surface area contributed by atoms with E-state index in [0.29, 0.717) is 11.8 Å². The maximum atomic E-state index is 11.7. The lowest BCUT2D eigenvalue weighted by Gasteiger charge is -2.58. The van der Waals surface area contributed by atoms with Crippen molar-refractivity contribution in [3.63, 3.8) is 0 Å². The van der Waals surface area contributed by atoms with E-state index in [9.17, 15) is 5.11 Å². The fourth-order valence-electron chi connectivity index (χ4n) is 5.91. The fourth-order valence-corrected chi connectivity index (χ4v) is 5.91. The Balaban J connectivity index is 0.00000218. The number of nitrogens with zero attached hydrogens (tertiary/aromatic N) is 2. The number of piperidine rings is 3. The number of fused-ring (bicyclic) bond motifs is 4. The van der Waals surface area contributed by atoms with Crippen LogP contribution in [0.2, 0.25) is 0 Å². The van der Waals surface area contributed by atoms with E-state index in [1.165, 1.54) is 12.0 Å². The number of hydrogen-bond acceptors (Lipinski definition) is 2. The fraction of sp³-hybridized carbons (Fsp3) is 0.346. The van der Waals surface area contributed by atoms with E-state index in [1.807, 2.05) is 30.5 Å². The van der Waals surface area contributed by atoms with E-state index in [1.54, 1.807) is 0 Å². The van der Waals surface area contributed by atoms with E-state index in [-0.39, 0.29) is 18.4 Å². The van der Waals surface area contributed by atoms with Gasteiger partial charge in [0.15, 0.2) is 0 Å². The van der Waals surface area contributed by atoms with Gasteiger partial charge in [0.2, 0.25) is 0 Å². The molecule has 3 saturated heterocycles. The van der Waals surface area contributed by atoms with Crippen LogP contribution in [0.15, 0.2) is 79.5 Å². The molecule has 0 spiro atoms. The molecule has 3 aromatic rings. The maximum Gasteiger partial charge on any atom is 0.131 e. The van der Waals surface area contributed by atoms with Gasteiger partial charge in [-0.25, -0.2) is 0 Å². The largest absolute Gasteiger partial charge is 1.00 e. The van der Waals surface area contributed by atoms with Gasteiger partial charge in [0.05, 0.1) is 18.6 Å². The zero-order valence-corrected chi connectivity index (χ0v) is 18.0. The summed E-state index contributed by atoms with van der Waals surface area (Å²) < 4.78 is 0.953. The van der Waals surface area contributed by atoms with Gasteiger partial charge in [-0.3, -0.25) is 4.98 Å². The molecule has 4 heterocycles. The Morgan fingerprint density at radius 2 is 1.87 bits per heavy atom. The van der Waals surface area contributed by atoms with Crippen molar-refractivity contribution in [3.05, 3.63) is 90.6 Å². The summed E-state index contributed by atoms with van der Waals surface area (Å²) in [5.74, 6) is 1.18.